The van der Waals surface area contributed by atoms with E-state index in [1.165, 1.54) is 16.3 Å². The van der Waals surface area contributed by atoms with E-state index in [0.717, 1.165) is 19.3 Å². The molecule has 19 heavy (non-hydrogen) atoms. The second-order valence-electron chi connectivity index (χ2n) is 6.78. The number of aliphatic hydroxyl groups excluding tert-OH is 1. The fourth-order valence-electron chi connectivity index (χ4n) is 3.52. The molecule has 1 aliphatic carbocycles. The molecule has 0 saturated heterocycles. The van der Waals surface area contributed by atoms with E-state index in [0.29, 0.717) is 0 Å². The van der Waals surface area contributed by atoms with Gasteiger partial charge in [0, 0.05) is 5.41 Å². The summed E-state index contributed by atoms with van der Waals surface area (Å²) in [4.78, 5) is 0. The number of aliphatic hydroxyl groups is 1. The summed E-state index contributed by atoms with van der Waals surface area (Å²) in [5.74, 6) is 0. The van der Waals surface area contributed by atoms with Crippen LogP contribution >= 0.6 is 0 Å². The molecule has 0 bridgehead atoms. The summed E-state index contributed by atoms with van der Waals surface area (Å²) in [7, 11) is -1.50. The van der Waals surface area contributed by atoms with Crippen LogP contribution in [0.4, 0.5) is 0 Å². The van der Waals surface area contributed by atoms with E-state index in [1.807, 2.05) is 0 Å². The van der Waals surface area contributed by atoms with Gasteiger partial charge in [-0.15, -0.1) is 6.58 Å². The van der Waals surface area contributed by atoms with Crippen molar-refractivity contribution in [3.8, 4) is 0 Å². The van der Waals surface area contributed by atoms with Crippen molar-refractivity contribution in [2.75, 3.05) is 0 Å². The maximum atomic E-state index is 10.8. The average molecular weight is 274 g/mol. The van der Waals surface area contributed by atoms with Gasteiger partial charge in [-0.2, -0.15) is 0 Å². The second-order valence-corrected chi connectivity index (χ2v) is 11.9. The highest BCUT2D eigenvalue weighted by Crippen LogP contribution is 2.49. The maximum Gasteiger partial charge on any atom is 0.0729 e. The number of benzene rings is 1. The average Bonchev–Trinajstić information content (AvgIpc) is 2.76. The van der Waals surface area contributed by atoms with Crippen molar-refractivity contribution in [1.82, 2.24) is 0 Å². The van der Waals surface area contributed by atoms with E-state index in [-0.39, 0.29) is 11.5 Å². The highest BCUT2D eigenvalue weighted by molar-refractivity contribution is 6.83. The smallest absolute Gasteiger partial charge is 0.0729 e. The third kappa shape index (κ3) is 2.21. The molecule has 0 saturated carbocycles. The summed E-state index contributed by atoms with van der Waals surface area (Å²) in [6.45, 7) is 13.5. The molecule has 0 amide bonds. The summed E-state index contributed by atoms with van der Waals surface area (Å²) in [5.41, 5.74) is 2.53. The molecule has 0 fully saturated rings. The number of hydrogen-bond donors (Lipinski definition) is 1. The largest absolute Gasteiger partial charge is 0.392 e. The first kappa shape index (κ1) is 14.5. The van der Waals surface area contributed by atoms with Crippen molar-refractivity contribution in [2.24, 2.45) is 0 Å². The Bertz CT molecular complexity index is 486. The molecule has 1 aromatic rings. The van der Waals surface area contributed by atoms with E-state index in [2.05, 4.69) is 57.4 Å². The van der Waals surface area contributed by atoms with Crippen molar-refractivity contribution in [1.29, 1.82) is 0 Å². The van der Waals surface area contributed by atoms with Crippen LogP contribution in [0.3, 0.4) is 0 Å². The van der Waals surface area contributed by atoms with Gasteiger partial charge in [0.05, 0.1) is 14.2 Å². The second kappa shape index (κ2) is 4.91. The van der Waals surface area contributed by atoms with Gasteiger partial charge in [-0.25, -0.2) is 0 Å². The Labute approximate surface area is 118 Å². The summed E-state index contributed by atoms with van der Waals surface area (Å²) in [6, 6.07) is 8.60. The van der Waals surface area contributed by atoms with Crippen molar-refractivity contribution in [3.63, 3.8) is 0 Å². The first-order valence-corrected chi connectivity index (χ1v) is 10.8. The van der Waals surface area contributed by atoms with Crippen LogP contribution < -0.4 is 0 Å². The summed E-state index contributed by atoms with van der Waals surface area (Å²) >= 11 is 0. The predicted octanol–water partition coefficient (Wildman–Crippen LogP) is 4.08. The molecule has 2 unspecified atom stereocenters. The predicted molar refractivity (Wildman–Crippen MR) is 85.2 cm³/mol. The molecule has 1 nitrogen and oxygen atoms in total. The summed E-state index contributed by atoms with van der Waals surface area (Å²) in [5, 5.41) is 12.1. The molecule has 104 valence electrons. The van der Waals surface area contributed by atoms with Gasteiger partial charge in [0.2, 0.25) is 0 Å². The molecule has 0 radical (unpaired) electrons. The zero-order valence-electron chi connectivity index (χ0n) is 12.7. The van der Waals surface area contributed by atoms with Crippen LogP contribution in [0, 0.1) is 0 Å². The van der Waals surface area contributed by atoms with Crippen LogP contribution in [-0.2, 0) is 11.8 Å². The van der Waals surface area contributed by atoms with E-state index >= 15 is 0 Å². The lowest BCUT2D eigenvalue weighted by Gasteiger charge is -2.42. The van der Waals surface area contributed by atoms with Crippen molar-refractivity contribution in [2.45, 2.75) is 57.3 Å². The number of rotatable bonds is 4. The Morgan fingerprint density at radius 2 is 2.00 bits per heavy atom. The zero-order valence-corrected chi connectivity index (χ0v) is 13.7. The molecule has 1 aromatic carbocycles. The Balaban J connectivity index is 2.59. The van der Waals surface area contributed by atoms with Crippen LogP contribution in [0.25, 0.3) is 0 Å². The van der Waals surface area contributed by atoms with E-state index in [9.17, 15) is 5.11 Å². The van der Waals surface area contributed by atoms with E-state index < -0.39 is 8.07 Å². The molecule has 2 rings (SSSR count). The third-order valence-electron chi connectivity index (χ3n) is 4.69. The Morgan fingerprint density at radius 3 is 2.58 bits per heavy atom. The molecule has 2 atom stereocenters. The van der Waals surface area contributed by atoms with Crippen molar-refractivity contribution >= 4 is 8.07 Å². The Morgan fingerprint density at radius 1 is 1.37 bits per heavy atom. The van der Waals surface area contributed by atoms with Crippen LogP contribution in [-0.4, -0.2) is 19.3 Å². The van der Waals surface area contributed by atoms with Crippen LogP contribution in [0.5, 0.6) is 0 Å². The number of hydrogen-bond acceptors (Lipinski definition) is 1. The van der Waals surface area contributed by atoms with Gasteiger partial charge < -0.3 is 5.11 Å². The quantitative estimate of drug-likeness (QED) is 0.820. The molecule has 0 spiro atoms. The first-order chi connectivity index (χ1) is 8.84. The first-order valence-electron chi connectivity index (χ1n) is 7.30. The van der Waals surface area contributed by atoms with Gasteiger partial charge in [0.25, 0.3) is 0 Å². The topological polar surface area (TPSA) is 20.2 Å². The fraction of sp³-hybridized carbons (Fsp3) is 0.529. The van der Waals surface area contributed by atoms with Crippen LogP contribution in [0.15, 0.2) is 36.0 Å². The minimum absolute atomic E-state index is 0.199. The minimum atomic E-state index is -1.50. The van der Waals surface area contributed by atoms with Crippen LogP contribution in [0.2, 0.25) is 19.6 Å². The fourth-order valence-corrected chi connectivity index (χ4v) is 5.28. The lowest BCUT2D eigenvalue weighted by atomic mass is 9.75. The van der Waals surface area contributed by atoms with Gasteiger partial charge in [0.15, 0.2) is 0 Å². The number of aryl methyl sites for hydroxylation is 1. The molecular formula is C17H26OSi. The molecule has 0 aromatic heterocycles. The lowest BCUT2D eigenvalue weighted by Crippen LogP contribution is -2.46. The highest BCUT2D eigenvalue weighted by atomic mass is 28.3. The molecular weight excluding hydrogens is 248 g/mol. The SMILES string of the molecule is C=C(C1(C(O)CC)CCc2ccccc21)[Si](C)(C)C. The van der Waals surface area contributed by atoms with Gasteiger partial charge in [0.1, 0.15) is 0 Å². The van der Waals surface area contributed by atoms with Gasteiger partial charge in [-0.1, -0.05) is 56.0 Å². The highest BCUT2D eigenvalue weighted by Gasteiger charge is 2.48. The van der Waals surface area contributed by atoms with Crippen molar-refractivity contribution in [3.05, 3.63) is 47.2 Å². The van der Waals surface area contributed by atoms with Crippen LogP contribution in [0.1, 0.15) is 30.9 Å². The summed E-state index contributed by atoms with van der Waals surface area (Å²) < 4.78 is 0. The monoisotopic (exact) mass is 274 g/mol. The zero-order chi connectivity index (χ0) is 14.3. The number of fused-ring (bicyclic) bond motifs is 1. The molecule has 1 aliphatic rings. The van der Waals surface area contributed by atoms with E-state index in [1.54, 1.807) is 0 Å². The molecule has 1 N–H and O–H groups in total. The van der Waals surface area contributed by atoms with Gasteiger partial charge >= 0.3 is 0 Å². The van der Waals surface area contributed by atoms with E-state index in [4.69, 9.17) is 0 Å². The standard InChI is InChI=1S/C17H26OSi/c1-6-16(18)17(13(2)19(3,4)5)12-11-14-9-7-8-10-15(14)17/h7-10,16,18H,2,6,11-12H2,1,3-5H3. The molecule has 0 heterocycles. The Kier molecular flexibility index (Phi) is 3.76. The molecule has 0 aliphatic heterocycles. The summed E-state index contributed by atoms with van der Waals surface area (Å²) in [6.07, 6.45) is 2.56. The Hall–Kier alpha value is -0.863. The normalized spacial score (nSPS) is 24.1. The maximum absolute atomic E-state index is 10.8. The van der Waals surface area contributed by atoms with Gasteiger partial charge in [-0.05, 0) is 30.4 Å². The minimum Gasteiger partial charge on any atom is -0.392 e. The molecule has 2 heteroatoms. The van der Waals surface area contributed by atoms with Gasteiger partial charge in [-0.3, -0.25) is 0 Å². The van der Waals surface area contributed by atoms with Crippen molar-refractivity contribution < 1.29 is 5.11 Å². The lowest BCUT2D eigenvalue weighted by molar-refractivity contribution is 0.0993. The third-order valence-corrected chi connectivity index (χ3v) is 6.94.